The molecular formula is C18H25N3O. The van der Waals surface area contributed by atoms with Crippen molar-refractivity contribution >= 4 is 0 Å². The van der Waals surface area contributed by atoms with Crippen LogP contribution in [0.15, 0.2) is 29.1 Å². The number of aryl methyl sites for hydroxylation is 3. The van der Waals surface area contributed by atoms with Gasteiger partial charge in [-0.3, -0.25) is 4.79 Å². The Balaban J connectivity index is 2.68. The third-order valence-corrected chi connectivity index (χ3v) is 3.91. The van der Waals surface area contributed by atoms with Crippen molar-refractivity contribution in [2.45, 2.75) is 53.1 Å². The second kappa shape index (κ2) is 6.05. The van der Waals surface area contributed by atoms with Gasteiger partial charge in [0.2, 0.25) is 0 Å². The highest BCUT2D eigenvalue weighted by atomic mass is 16.1. The molecule has 1 aromatic heterocycles. The molecule has 0 radical (unpaired) electrons. The van der Waals surface area contributed by atoms with E-state index in [1.807, 2.05) is 32.9 Å². The molecule has 0 spiro atoms. The van der Waals surface area contributed by atoms with Gasteiger partial charge >= 0.3 is 0 Å². The lowest BCUT2D eigenvalue weighted by Gasteiger charge is -2.20. The highest BCUT2D eigenvalue weighted by Crippen LogP contribution is 2.23. The maximum absolute atomic E-state index is 12.5. The maximum Gasteiger partial charge on any atom is 0.271 e. The van der Waals surface area contributed by atoms with E-state index in [4.69, 9.17) is 5.73 Å². The van der Waals surface area contributed by atoms with E-state index in [9.17, 15) is 4.79 Å². The molecule has 0 fully saturated rings. The summed E-state index contributed by atoms with van der Waals surface area (Å²) in [6, 6.07) is 8.05. The Morgan fingerprint density at radius 1 is 1.18 bits per heavy atom. The minimum Gasteiger partial charge on any atom is -0.322 e. The van der Waals surface area contributed by atoms with E-state index < -0.39 is 5.54 Å². The summed E-state index contributed by atoms with van der Waals surface area (Å²) in [5, 5.41) is 4.53. The predicted octanol–water partition coefficient (Wildman–Crippen LogP) is 3.13. The molecule has 2 rings (SSSR count). The van der Waals surface area contributed by atoms with Crippen LogP contribution in [-0.4, -0.2) is 9.78 Å². The van der Waals surface area contributed by atoms with Gasteiger partial charge in [0.25, 0.3) is 5.56 Å². The van der Waals surface area contributed by atoms with Crippen molar-refractivity contribution in [1.29, 1.82) is 0 Å². The summed E-state index contributed by atoms with van der Waals surface area (Å²) < 4.78 is 1.54. The Kier molecular flexibility index (Phi) is 4.52. The Labute approximate surface area is 132 Å². The van der Waals surface area contributed by atoms with Crippen LogP contribution in [0.1, 0.15) is 43.9 Å². The van der Waals surface area contributed by atoms with Crippen molar-refractivity contribution in [2.75, 3.05) is 0 Å². The van der Waals surface area contributed by atoms with Crippen molar-refractivity contribution in [2.24, 2.45) is 5.73 Å². The number of aromatic nitrogens is 2. The summed E-state index contributed by atoms with van der Waals surface area (Å²) in [4.78, 5) is 12.5. The van der Waals surface area contributed by atoms with Crippen LogP contribution >= 0.6 is 0 Å². The number of rotatable bonds is 4. The number of hydrogen-bond acceptors (Lipinski definition) is 3. The first kappa shape index (κ1) is 16.4. The number of nitrogens with two attached hydrogens (primary N) is 1. The van der Waals surface area contributed by atoms with E-state index in [2.05, 4.69) is 31.1 Å². The van der Waals surface area contributed by atoms with Gasteiger partial charge in [0.05, 0.1) is 5.69 Å². The molecule has 0 saturated heterocycles. The molecule has 0 saturated carbocycles. The molecule has 0 aliphatic heterocycles. The highest BCUT2D eigenvalue weighted by Gasteiger charge is 2.21. The molecule has 4 heteroatoms. The summed E-state index contributed by atoms with van der Waals surface area (Å²) in [6.45, 7) is 10.5. The summed E-state index contributed by atoms with van der Waals surface area (Å²) in [5.41, 5.74) is 10.3. The zero-order valence-electron chi connectivity index (χ0n) is 14.1. The van der Waals surface area contributed by atoms with Gasteiger partial charge in [0.15, 0.2) is 0 Å². The third kappa shape index (κ3) is 3.28. The average molecular weight is 299 g/mol. The first-order valence-corrected chi connectivity index (χ1v) is 7.73. The molecule has 0 atom stereocenters. The topological polar surface area (TPSA) is 60.9 Å². The number of nitrogens with zero attached hydrogens (tertiary/aromatic N) is 2. The van der Waals surface area contributed by atoms with Crippen molar-refractivity contribution < 1.29 is 0 Å². The molecule has 0 amide bonds. The van der Waals surface area contributed by atoms with Gasteiger partial charge in [-0.15, -0.1) is 0 Å². The molecule has 0 aliphatic rings. The van der Waals surface area contributed by atoms with E-state index in [1.54, 1.807) is 0 Å². The van der Waals surface area contributed by atoms with Gasteiger partial charge in [-0.05, 0) is 57.4 Å². The zero-order valence-corrected chi connectivity index (χ0v) is 14.1. The number of benzene rings is 1. The fraction of sp³-hybridized carbons (Fsp3) is 0.444. The lowest BCUT2D eigenvalue weighted by Crippen LogP contribution is -2.39. The Hall–Kier alpha value is -1.94. The van der Waals surface area contributed by atoms with Crippen LogP contribution in [0.2, 0.25) is 0 Å². The first-order valence-electron chi connectivity index (χ1n) is 7.73. The minimum atomic E-state index is -0.690. The van der Waals surface area contributed by atoms with E-state index in [0.29, 0.717) is 12.1 Å². The van der Waals surface area contributed by atoms with Crippen LogP contribution in [0.3, 0.4) is 0 Å². The van der Waals surface area contributed by atoms with Gasteiger partial charge < -0.3 is 5.73 Å². The lowest BCUT2D eigenvalue weighted by molar-refractivity contribution is 0.507. The summed E-state index contributed by atoms with van der Waals surface area (Å²) in [5.74, 6) is 0. The largest absolute Gasteiger partial charge is 0.322 e. The summed E-state index contributed by atoms with van der Waals surface area (Å²) in [6.07, 6.45) is 0.855. The highest BCUT2D eigenvalue weighted by molar-refractivity contribution is 5.61. The molecule has 1 heterocycles. The molecule has 0 bridgehead atoms. The fourth-order valence-corrected chi connectivity index (χ4v) is 2.41. The zero-order chi connectivity index (χ0) is 16.5. The van der Waals surface area contributed by atoms with Crippen molar-refractivity contribution in [3.8, 4) is 11.3 Å². The molecule has 1 aromatic carbocycles. The van der Waals surface area contributed by atoms with Crippen molar-refractivity contribution in [1.82, 2.24) is 9.78 Å². The van der Waals surface area contributed by atoms with Crippen LogP contribution in [0, 0.1) is 13.8 Å². The predicted molar refractivity (Wildman–Crippen MR) is 90.9 cm³/mol. The van der Waals surface area contributed by atoms with Crippen LogP contribution in [0.25, 0.3) is 11.3 Å². The normalized spacial score (nSPS) is 11.7. The average Bonchev–Trinajstić information content (AvgIpc) is 2.43. The second-order valence-electron chi connectivity index (χ2n) is 6.49. The Morgan fingerprint density at radius 3 is 2.41 bits per heavy atom. The van der Waals surface area contributed by atoms with Crippen LogP contribution < -0.4 is 11.3 Å². The van der Waals surface area contributed by atoms with Gasteiger partial charge in [-0.1, -0.05) is 19.1 Å². The first-order chi connectivity index (χ1) is 10.2. The Morgan fingerprint density at radius 2 is 1.86 bits per heavy atom. The van der Waals surface area contributed by atoms with E-state index in [0.717, 1.165) is 17.7 Å². The second-order valence-corrected chi connectivity index (χ2v) is 6.49. The van der Waals surface area contributed by atoms with E-state index in [1.165, 1.54) is 15.8 Å². The SMILES string of the molecule is CCCn1nc(-c2ccc(C)c(C)c2)cc(C(C)(C)N)c1=O. The van der Waals surface area contributed by atoms with Crippen LogP contribution in [-0.2, 0) is 12.1 Å². The molecule has 118 valence electrons. The quantitative estimate of drug-likeness (QED) is 0.943. The molecule has 22 heavy (non-hydrogen) atoms. The molecular weight excluding hydrogens is 274 g/mol. The molecule has 0 unspecified atom stereocenters. The molecule has 0 aliphatic carbocycles. The maximum atomic E-state index is 12.5. The smallest absolute Gasteiger partial charge is 0.271 e. The van der Waals surface area contributed by atoms with Crippen LogP contribution in [0.5, 0.6) is 0 Å². The standard InChI is InChI=1S/C18H25N3O/c1-6-9-21-17(22)15(18(4,5)19)11-16(20-21)14-8-7-12(2)13(3)10-14/h7-8,10-11H,6,9,19H2,1-5H3. The monoisotopic (exact) mass is 299 g/mol. The van der Waals surface area contributed by atoms with Gasteiger partial charge in [-0.25, -0.2) is 4.68 Å². The molecule has 2 N–H and O–H groups in total. The molecule has 4 nitrogen and oxygen atoms in total. The number of hydrogen-bond donors (Lipinski definition) is 1. The van der Waals surface area contributed by atoms with Crippen LogP contribution in [0.4, 0.5) is 0 Å². The van der Waals surface area contributed by atoms with Gasteiger partial charge in [0.1, 0.15) is 0 Å². The third-order valence-electron chi connectivity index (χ3n) is 3.91. The van der Waals surface area contributed by atoms with Crippen molar-refractivity contribution in [3.63, 3.8) is 0 Å². The minimum absolute atomic E-state index is 0.0954. The van der Waals surface area contributed by atoms with Gasteiger partial charge in [0, 0.05) is 23.2 Å². The lowest BCUT2D eigenvalue weighted by atomic mass is 9.95. The fourth-order valence-electron chi connectivity index (χ4n) is 2.41. The van der Waals surface area contributed by atoms with Crippen molar-refractivity contribution in [3.05, 3.63) is 51.3 Å². The van der Waals surface area contributed by atoms with E-state index in [-0.39, 0.29) is 5.56 Å². The summed E-state index contributed by atoms with van der Waals surface area (Å²) >= 11 is 0. The van der Waals surface area contributed by atoms with Gasteiger partial charge in [-0.2, -0.15) is 5.10 Å². The Bertz CT molecular complexity index is 739. The summed E-state index contributed by atoms with van der Waals surface area (Å²) in [7, 11) is 0. The molecule has 2 aromatic rings. The van der Waals surface area contributed by atoms with E-state index >= 15 is 0 Å².